The molecule has 0 aliphatic carbocycles. The van der Waals surface area contributed by atoms with Gasteiger partial charge in [0.2, 0.25) is 11.5 Å². The van der Waals surface area contributed by atoms with Crippen LogP contribution in [0.2, 0.25) is 0 Å². The number of rotatable bonds is 11. The van der Waals surface area contributed by atoms with Gasteiger partial charge in [0.15, 0.2) is 28.1 Å². The molecule has 4 rings (SSSR count). The second-order valence-corrected chi connectivity index (χ2v) is 9.21. The molecule has 0 aliphatic rings. The molecule has 4 aromatic rings. The first-order chi connectivity index (χ1) is 19.8. The summed E-state index contributed by atoms with van der Waals surface area (Å²) < 4.78 is 32.0. The van der Waals surface area contributed by atoms with Gasteiger partial charge in [-0.1, -0.05) is 12.1 Å². The lowest BCUT2D eigenvalue weighted by molar-refractivity contribution is 0.101. The number of benzene rings is 3. The van der Waals surface area contributed by atoms with Crippen molar-refractivity contribution in [3.63, 3.8) is 0 Å². The van der Waals surface area contributed by atoms with E-state index in [9.17, 15) is 9.59 Å². The highest BCUT2D eigenvalue weighted by molar-refractivity contribution is 7.14. The number of methoxy groups -OCH3 is 6. The molecule has 0 bridgehead atoms. The predicted molar refractivity (Wildman–Crippen MR) is 156 cm³/mol. The number of ether oxygens (including phenoxy) is 6. The highest BCUT2D eigenvalue weighted by atomic mass is 32.1. The zero-order chi connectivity index (χ0) is 29.5. The Morgan fingerprint density at radius 1 is 0.634 bits per heavy atom. The smallest absolute Gasteiger partial charge is 0.257 e. The molecule has 2 N–H and O–H groups in total. The number of hydrogen-bond acceptors (Lipinski definition) is 10. The van der Waals surface area contributed by atoms with E-state index in [1.807, 2.05) is 17.5 Å². The van der Waals surface area contributed by atoms with Gasteiger partial charge in [-0.25, -0.2) is 4.98 Å². The molecule has 0 saturated heterocycles. The Balaban J connectivity index is 1.46. The second-order valence-electron chi connectivity index (χ2n) is 8.35. The largest absolute Gasteiger partial charge is 0.493 e. The quantitative estimate of drug-likeness (QED) is 0.241. The molecule has 11 nitrogen and oxygen atoms in total. The molecule has 0 aliphatic heterocycles. The van der Waals surface area contributed by atoms with Crippen molar-refractivity contribution in [2.75, 3.05) is 53.3 Å². The Morgan fingerprint density at radius 3 is 1.49 bits per heavy atom. The Labute approximate surface area is 240 Å². The molecule has 2 amide bonds. The molecule has 214 valence electrons. The van der Waals surface area contributed by atoms with Gasteiger partial charge in [-0.15, -0.1) is 11.3 Å². The van der Waals surface area contributed by atoms with Crippen LogP contribution in [0.3, 0.4) is 0 Å². The summed E-state index contributed by atoms with van der Waals surface area (Å²) in [7, 11) is 8.93. The third-order valence-electron chi connectivity index (χ3n) is 6.02. The van der Waals surface area contributed by atoms with E-state index >= 15 is 0 Å². The molecular weight excluding hydrogens is 550 g/mol. The molecule has 1 aromatic heterocycles. The number of nitrogens with zero attached hydrogens (tertiary/aromatic N) is 1. The van der Waals surface area contributed by atoms with Crippen LogP contribution in [-0.2, 0) is 0 Å². The summed E-state index contributed by atoms with van der Waals surface area (Å²) in [6, 6.07) is 13.5. The highest BCUT2D eigenvalue weighted by Crippen LogP contribution is 2.39. The van der Waals surface area contributed by atoms with Crippen LogP contribution in [0.25, 0.3) is 11.3 Å². The van der Waals surface area contributed by atoms with Crippen molar-refractivity contribution in [1.29, 1.82) is 0 Å². The Morgan fingerprint density at radius 2 is 1.07 bits per heavy atom. The van der Waals surface area contributed by atoms with Crippen LogP contribution in [0.4, 0.5) is 10.8 Å². The van der Waals surface area contributed by atoms with Crippen molar-refractivity contribution in [3.8, 4) is 45.8 Å². The highest BCUT2D eigenvalue weighted by Gasteiger charge is 2.19. The molecule has 3 aromatic carbocycles. The minimum atomic E-state index is -0.380. The number of aromatic nitrogens is 1. The lowest BCUT2D eigenvalue weighted by atomic mass is 10.1. The summed E-state index contributed by atoms with van der Waals surface area (Å²) >= 11 is 1.28. The Kier molecular flexibility index (Phi) is 9.15. The maximum atomic E-state index is 12.9. The van der Waals surface area contributed by atoms with E-state index in [4.69, 9.17) is 28.4 Å². The molecular formula is C29H29N3O8S. The number of thiazole rings is 1. The first kappa shape index (κ1) is 29.0. The SMILES string of the molecule is COc1cc(C(=O)Nc2ccc(-c3csc(NC(=O)c4cc(OC)c(OC)c(OC)c4)n3)cc2)cc(OC)c1OC. The summed E-state index contributed by atoms with van der Waals surface area (Å²) in [4.78, 5) is 30.4. The first-order valence-corrected chi connectivity index (χ1v) is 13.0. The molecule has 12 heteroatoms. The summed E-state index contributed by atoms with van der Waals surface area (Å²) in [5.41, 5.74) is 2.72. The zero-order valence-corrected chi connectivity index (χ0v) is 24.1. The van der Waals surface area contributed by atoms with E-state index < -0.39 is 0 Å². The molecule has 0 atom stereocenters. The van der Waals surface area contributed by atoms with Gasteiger partial charge in [0.1, 0.15) is 0 Å². The standard InChI is InChI=1S/C29H29N3O8S/c1-35-21-11-17(12-22(36-2)25(21)39-5)27(33)30-19-9-7-16(8-10-19)20-15-41-29(31-20)32-28(34)18-13-23(37-3)26(40-6)24(14-18)38-4/h7-15H,1-6H3,(H,30,33)(H,31,32,34). The average molecular weight is 580 g/mol. The van der Waals surface area contributed by atoms with Gasteiger partial charge in [-0.2, -0.15) is 0 Å². The van der Waals surface area contributed by atoms with Crippen LogP contribution in [0.5, 0.6) is 34.5 Å². The van der Waals surface area contributed by atoms with Crippen LogP contribution in [0.15, 0.2) is 53.9 Å². The van der Waals surface area contributed by atoms with Crippen LogP contribution in [-0.4, -0.2) is 59.5 Å². The molecule has 0 radical (unpaired) electrons. The van der Waals surface area contributed by atoms with Crippen LogP contribution in [0.1, 0.15) is 20.7 Å². The van der Waals surface area contributed by atoms with Gasteiger partial charge < -0.3 is 33.7 Å². The van der Waals surface area contributed by atoms with Crippen molar-refractivity contribution in [1.82, 2.24) is 4.98 Å². The third-order valence-corrected chi connectivity index (χ3v) is 6.77. The van der Waals surface area contributed by atoms with Crippen molar-refractivity contribution in [2.45, 2.75) is 0 Å². The number of nitrogens with one attached hydrogen (secondary N) is 2. The van der Waals surface area contributed by atoms with Gasteiger partial charge in [-0.3, -0.25) is 14.9 Å². The van der Waals surface area contributed by atoms with Gasteiger partial charge in [-0.05, 0) is 36.4 Å². The zero-order valence-electron chi connectivity index (χ0n) is 23.3. The summed E-state index contributed by atoms with van der Waals surface area (Å²) in [6.07, 6.45) is 0. The maximum Gasteiger partial charge on any atom is 0.257 e. The van der Waals surface area contributed by atoms with E-state index in [1.54, 1.807) is 36.4 Å². The van der Waals surface area contributed by atoms with Crippen molar-refractivity contribution in [3.05, 3.63) is 65.0 Å². The number of amides is 2. The molecule has 1 heterocycles. The minimum Gasteiger partial charge on any atom is -0.493 e. The fraction of sp³-hybridized carbons (Fsp3) is 0.207. The lowest BCUT2D eigenvalue weighted by Gasteiger charge is -2.14. The Bertz CT molecular complexity index is 1500. The second kappa shape index (κ2) is 12.9. The minimum absolute atomic E-state index is 0.323. The van der Waals surface area contributed by atoms with E-state index in [-0.39, 0.29) is 11.8 Å². The van der Waals surface area contributed by atoms with Gasteiger partial charge in [0, 0.05) is 27.8 Å². The normalized spacial score (nSPS) is 10.4. The monoisotopic (exact) mass is 579 g/mol. The molecule has 41 heavy (non-hydrogen) atoms. The summed E-state index contributed by atoms with van der Waals surface area (Å²) in [5.74, 6) is 1.57. The van der Waals surface area contributed by atoms with E-state index in [2.05, 4.69) is 15.6 Å². The molecule has 0 unspecified atom stereocenters. The molecule has 0 saturated carbocycles. The number of carbonyl (C=O) groups is 2. The average Bonchev–Trinajstić information content (AvgIpc) is 3.47. The maximum absolute atomic E-state index is 12.9. The fourth-order valence-corrected chi connectivity index (χ4v) is 4.70. The van der Waals surface area contributed by atoms with Crippen LogP contribution < -0.4 is 39.1 Å². The van der Waals surface area contributed by atoms with E-state index in [1.165, 1.54) is 54.0 Å². The molecule has 0 fully saturated rings. The molecule has 0 spiro atoms. The third kappa shape index (κ3) is 6.28. The van der Waals surface area contributed by atoms with Crippen molar-refractivity contribution in [2.24, 2.45) is 0 Å². The lowest BCUT2D eigenvalue weighted by Crippen LogP contribution is -2.12. The number of hydrogen-bond donors (Lipinski definition) is 2. The number of anilines is 2. The Hall–Kier alpha value is -4.97. The predicted octanol–water partition coefficient (Wildman–Crippen LogP) is 5.37. The van der Waals surface area contributed by atoms with Gasteiger partial charge >= 0.3 is 0 Å². The summed E-state index contributed by atoms with van der Waals surface area (Å²) in [5, 5.41) is 7.90. The van der Waals surface area contributed by atoms with Crippen LogP contribution in [0, 0.1) is 0 Å². The van der Waals surface area contributed by atoms with Gasteiger partial charge in [0.05, 0.1) is 48.4 Å². The van der Waals surface area contributed by atoms with Crippen molar-refractivity contribution >= 4 is 34.0 Å². The van der Waals surface area contributed by atoms with E-state index in [0.29, 0.717) is 62.1 Å². The number of carbonyl (C=O) groups excluding carboxylic acids is 2. The van der Waals surface area contributed by atoms with Gasteiger partial charge in [0.25, 0.3) is 11.8 Å². The van der Waals surface area contributed by atoms with Crippen molar-refractivity contribution < 1.29 is 38.0 Å². The fourth-order valence-electron chi connectivity index (χ4n) is 3.98. The van der Waals surface area contributed by atoms with E-state index in [0.717, 1.165) is 5.56 Å². The first-order valence-electron chi connectivity index (χ1n) is 12.1. The topological polar surface area (TPSA) is 126 Å². The summed E-state index contributed by atoms with van der Waals surface area (Å²) in [6.45, 7) is 0. The van der Waals surface area contributed by atoms with Crippen LogP contribution >= 0.6 is 11.3 Å².